The summed E-state index contributed by atoms with van der Waals surface area (Å²) < 4.78 is 18.2. The lowest BCUT2D eigenvalue weighted by molar-refractivity contribution is 0.367. The van der Waals surface area contributed by atoms with Crippen LogP contribution in [-0.2, 0) is 0 Å². The van der Waals surface area contributed by atoms with Crippen LogP contribution in [0.3, 0.4) is 0 Å². The number of H-pyrrole nitrogens is 1. The van der Waals surface area contributed by atoms with Crippen LogP contribution in [0.1, 0.15) is 0 Å². The van der Waals surface area contributed by atoms with Crippen LogP contribution in [0, 0.1) is 5.82 Å². The number of hydrogen-bond acceptors (Lipinski definition) is 5. The maximum atomic E-state index is 12.9. The Kier molecular flexibility index (Phi) is 1.63. The molecule has 0 spiro atoms. The number of halogens is 1. The molecule has 0 aliphatic heterocycles. The Labute approximate surface area is 75.8 Å². The van der Waals surface area contributed by atoms with Crippen LogP contribution in [0.2, 0.25) is 0 Å². The normalized spacial score (nSPS) is 10.7. The van der Waals surface area contributed by atoms with Gasteiger partial charge in [0.15, 0.2) is 0 Å². The van der Waals surface area contributed by atoms with Crippen molar-refractivity contribution < 1.29 is 14.2 Å². The lowest BCUT2D eigenvalue weighted by Crippen LogP contribution is -2.13. The zero-order valence-electron chi connectivity index (χ0n) is 6.98. The van der Waals surface area contributed by atoms with E-state index in [9.17, 15) is 9.18 Å². The molecule has 0 aliphatic carbocycles. The van der Waals surface area contributed by atoms with Crippen LogP contribution in [0.15, 0.2) is 4.79 Å². The molecule has 0 fully saturated rings. The number of ether oxygens (including phenoxy) is 1. The number of nitrogens with zero attached hydrogens (tertiary/aromatic N) is 3. The van der Waals surface area contributed by atoms with Gasteiger partial charge in [-0.3, -0.25) is 9.78 Å². The largest absolute Gasteiger partial charge is 0.491 e. The van der Waals surface area contributed by atoms with E-state index in [2.05, 4.69) is 19.8 Å². The molecule has 0 atom stereocenters. The Hall–Kier alpha value is -2.12. The Morgan fingerprint density at radius 3 is 3.00 bits per heavy atom. The Morgan fingerprint density at radius 2 is 2.36 bits per heavy atom. The predicted octanol–water partition coefficient (Wildman–Crippen LogP) is -0.729. The lowest BCUT2D eigenvalue weighted by Gasteiger charge is -1.94. The molecular weight excluding hydrogens is 195 g/mol. The van der Waals surface area contributed by atoms with Crippen molar-refractivity contribution in [3.05, 3.63) is 16.2 Å². The molecule has 0 bridgehead atoms. The summed E-state index contributed by atoms with van der Waals surface area (Å²) in [6.07, 6.45) is 0. The maximum absolute atomic E-state index is 12.9. The third kappa shape index (κ3) is 1.00. The molecule has 8 heteroatoms. The van der Waals surface area contributed by atoms with Gasteiger partial charge < -0.3 is 9.84 Å². The monoisotopic (exact) mass is 200 g/mol. The summed E-state index contributed by atoms with van der Waals surface area (Å²) in [5.41, 5.74) is -1.06. The number of aromatic hydroxyl groups is 1. The van der Waals surface area contributed by atoms with Crippen molar-refractivity contribution in [1.82, 2.24) is 19.6 Å². The van der Waals surface area contributed by atoms with Gasteiger partial charge in [0.25, 0.3) is 11.4 Å². The first-order valence-electron chi connectivity index (χ1n) is 3.55. The zero-order valence-corrected chi connectivity index (χ0v) is 6.98. The summed E-state index contributed by atoms with van der Waals surface area (Å²) in [4.78, 5) is 16.6. The van der Waals surface area contributed by atoms with E-state index in [1.54, 1.807) is 0 Å². The fourth-order valence-electron chi connectivity index (χ4n) is 0.959. The van der Waals surface area contributed by atoms with Gasteiger partial charge in [-0.25, -0.2) is 0 Å². The maximum Gasteiger partial charge on any atom is 0.337 e. The summed E-state index contributed by atoms with van der Waals surface area (Å²) >= 11 is 0. The summed E-state index contributed by atoms with van der Waals surface area (Å²) in [7, 11) is 1.31. The third-order valence-corrected chi connectivity index (χ3v) is 1.59. The summed E-state index contributed by atoms with van der Waals surface area (Å²) in [5.74, 6) is -2.31. The van der Waals surface area contributed by atoms with Gasteiger partial charge >= 0.3 is 6.01 Å². The summed E-state index contributed by atoms with van der Waals surface area (Å²) in [6.45, 7) is 0. The number of aromatic amines is 1. The van der Waals surface area contributed by atoms with Crippen LogP contribution >= 0.6 is 0 Å². The van der Waals surface area contributed by atoms with E-state index >= 15 is 0 Å². The molecule has 2 heterocycles. The molecule has 2 N–H and O–H groups in total. The standard InChI is InChI=1S/C6H5FN4O3/c1-14-6-9-5-8-3(12)2(7)4(13)11(5)10-6/h13H,1H3,(H,8,9,10,12). The fraction of sp³-hybridized carbons (Fsp3) is 0.167. The van der Waals surface area contributed by atoms with Crippen molar-refractivity contribution in [2.24, 2.45) is 0 Å². The third-order valence-electron chi connectivity index (χ3n) is 1.59. The highest BCUT2D eigenvalue weighted by Gasteiger charge is 2.14. The minimum Gasteiger partial charge on any atom is -0.491 e. The first-order valence-corrected chi connectivity index (χ1v) is 3.55. The highest BCUT2D eigenvalue weighted by atomic mass is 19.1. The first kappa shape index (κ1) is 8.48. The predicted molar refractivity (Wildman–Crippen MR) is 41.8 cm³/mol. The fourth-order valence-corrected chi connectivity index (χ4v) is 0.959. The molecule has 7 nitrogen and oxygen atoms in total. The van der Waals surface area contributed by atoms with Crippen molar-refractivity contribution >= 4 is 5.78 Å². The van der Waals surface area contributed by atoms with Crippen LogP contribution in [0.4, 0.5) is 4.39 Å². The van der Waals surface area contributed by atoms with E-state index in [0.717, 1.165) is 4.52 Å². The zero-order chi connectivity index (χ0) is 10.3. The van der Waals surface area contributed by atoms with Crippen LogP contribution in [0.5, 0.6) is 11.9 Å². The molecule has 74 valence electrons. The number of methoxy groups -OCH3 is 1. The number of hydrogen-bond donors (Lipinski definition) is 2. The molecule has 0 saturated heterocycles. The number of rotatable bonds is 1. The van der Waals surface area contributed by atoms with Crippen LogP contribution in [-0.4, -0.2) is 31.8 Å². The van der Waals surface area contributed by atoms with Crippen molar-refractivity contribution in [3.63, 3.8) is 0 Å². The Morgan fingerprint density at radius 1 is 1.64 bits per heavy atom. The molecule has 2 rings (SSSR count). The van der Waals surface area contributed by atoms with Gasteiger partial charge in [0, 0.05) is 0 Å². The lowest BCUT2D eigenvalue weighted by atomic mass is 10.6. The smallest absolute Gasteiger partial charge is 0.337 e. The number of aromatic nitrogens is 4. The van der Waals surface area contributed by atoms with Gasteiger partial charge in [0.05, 0.1) is 7.11 Å². The van der Waals surface area contributed by atoms with E-state index in [1.807, 2.05) is 0 Å². The average molecular weight is 200 g/mol. The Bertz CT molecular complexity index is 546. The summed E-state index contributed by atoms with van der Waals surface area (Å²) in [5, 5.41) is 12.7. The molecule has 2 aromatic heterocycles. The molecule has 0 radical (unpaired) electrons. The molecule has 0 aliphatic rings. The second-order valence-electron chi connectivity index (χ2n) is 2.43. The second-order valence-corrected chi connectivity index (χ2v) is 2.43. The van der Waals surface area contributed by atoms with Gasteiger partial charge in [0.1, 0.15) is 0 Å². The first-order chi connectivity index (χ1) is 6.63. The van der Waals surface area contributed by atoms with Crippen molar-refractivity contribution in [2.75, 3.05) is 7.11 Å². The van der Waals surface area contributed by atoms with E-state index in [4.69, 9.17) is 5.11 Å². The van der Waals surface area contributed by atoms with Gasteiger partial charge in [-0.1, -0.05) is 0 Å². The molecule has 0 saturated carbocycles. The van der Waals surface area contributed by atoms with Gasteiger partial charge in [0.2, 0.25) is 11.6 Å². The van der Waals surface area contributed by atoms with Gasteiger partial charge in [-0.05, 0) is 0 Å². The van der Waals surface area contributed by atoms with E-state index in [1.165, 1.54) is 7.11 Å². The highest BCUT2D eigenvalue weighted by Crippen LogP contribution is 2.13. The number of nitrogens with one attached hydrogen (secondary N) is 1. The second kappa shape index (κ2) is 2.69. The van der Waals surface area contributed by atoms with Gasteiger partial charge in [-0.15, -0.1) is 5.10 Å². The van der Waals surface area contributed by atoms with E-state index in [0.29, 0.717) is 0 Å². The van der Waals surface area contributed by atoms with E-state index in [-0.39, 0.29) is 11.8 Å². The SMILES string of the molecule is COc1nc2[nH]c(=O)c(F)c(O)n2n1. The topological polar surface area (TPSA) is 92.5 Å². The average Bonchev–Trinajstić information content (AvgIpc) is 2.57. The molecular formula is C6H5FN4O3. The Balaban J connectivity index is 2.87. The summed E-state index contributed by atoms with van der Waals surface area (Å²) in [6, 6.07) is -0.0819. The van der Waals surface area contributed by atoms with Crippen molar-refractivity contribution in [1.29, 1.82) is 0 Å². The quantitative estimate of drug-likeness (QED) is 0.633. The van der Waals surface area contributed by atoms with Crippen LogP contribution in [0.25, 0.3) is 5.78 Å². The van der Waals surface area contributed by atoms with Crippen molar-refractivity contribution in [3.8, 4) is 11.9 Å². The minimum absolute atomic E-state index is 0.0819. The highest BCUT2D eigenvalue weighted by molar-refractivity contribution is 5.32. The van der Waals surface area contributed by atoms with Crippen molar-refractivity contribution in [2.45, 2.75) is 0 Å². The van der Waals surface area contributed by atoms with E-state index < -0.39 is 17.3 Å². The minimum atomic E-state index is -1.31. The molecule has 14 heavy (non-hydrogen) atoms. The molecule has 0 aromatic carbocycles. The molecule has 2 aromatic rings. The number of fused-ring (bicyclic) bond motifs is 1. The van der Waals surface area contributed by atoms with Gasteiger partial charge in [-0.2, -0.15) is 13.9 Å². The van der Waals surface area contributed by atoms with Crippen LogP contribution < -0.4 is 10.3 Å². The molecule has 0 amide bonds. The molecule has 0 unspecified atom stereocenters.